The Morgan fingerprint density at radius 2 is 1.65 bits per heavy atom. The first-order chi connectivity index (χ1) is 12.4. The maximum absolute atomic E-state index is 13.1. The van der Waals surface area contributed by atoms with E-state index in [1.165, 1.54) is 0 Å². The molecule has 0 unspecified atom stereocenters. The van der Waals surface area contributed by atoms with E-state index in [9.17, 15) is 9.59 Å². The molecule has 0 saturated heterocycles. The lowest BCUT2D eigenvalue weighted by atomic mass is 9.89. The van der Waals surface area contributed by atoms with Gasteiger partial charge in [0.2, 0.25) is 11.8 Å². The van der Waals surface area contributed by atoms with Crippen molar-refractivity contribution in [3.63, 3.8) is 0 Å². The lowest BCUT2D eigenvalue weighted by Gasteiger charge is -2.43. The summed E-state index contributed by atoms with van der Waals surface area (Å²) in [5.41, 5.74) is 2.83. The van der Waals surface area contributed by atoms with Gasteiger partial charge in [-0.1, -0.05) is 50.2 Å². The summed E-state index contributed by atoms with van der Waals surface area (Å²) < 4.78 is 0. The number of nitrogens with zero attached hydrogens (tertiary/aromatic N) is 2. The number of hydrogen-bond donors (Lipinski definition) is 0. The fraction of sp³-hybridized carbons (Fsp3) is 0.364. The molecule has 0 spiro atoms. The number of hydrogen-bond acceptors (Lipinski definition) is 2. The van der Waals surface area contributed by atoms with E-state index in [0.29, 0.717) is 6.42 Å². The molecule has 0 aliphatic carbocycles. The highest BCUT2D eigenvalue weighted by molar-refractivity contribution is 5.98. The summed E-state index contributed by atoms with van der Waals surface area (Å²) in [6.07, 6.45) is 0.712. The summed E-state index contributed by atoms with van der Waals surface area (Å²) in [6, 6.07) is 17.7. The number of para-hydroxylation sites is 2. The molecule has 4 heteroatoms. The molecule has 0 aromatic heterocycles. The van der Waals surface area contributed by atoms with Gasteiger partial charge >= 0.3 is 0 Å². The minimum absolute atomic E-state index is 0.0265. The zero-order valence-corrected chi connectivity index (χ0v) is 15.8. The predicted octanol–water partition coefficient (Wildman–Crippen LogP) is 4.56. The van der Waals surface area contributed by atoms with Crippen LogP contribution in [0.3, 0.4) is 0 Å². The largest absolute Gasteiger partial charge is 0.309 e. The first kappa shape index (κ1) is 18.2. The van der Waals surface area contributed by atoms with Gasteiger partial charge in [0.05, 0.1) is 6.04 Å². The van der Waals surface area contributed by atoms with E-state index in [4.69, 9.17) is 0 Å². The topological polar surface area (TPSA) is 40.6 Å². The van der Waals surface area contributed by atoms with Crippen molar-refractivity contribution in [2.24, 2.45) is 5.92 Å². The van der Waals surface area contributed by atoms with Gasteiger partial charge in [-0.2, -0.15) is 0 Å². The molecular formula is C22H26N2O2. The van der Waals surface area contributed by atoms with Crippen LogP contribution in [0.25, 0.3) is 0 Å². The SMILES string of the molecule is CC(=O)N1c2ccccc2[C@H](N(C(=O)C(C)C)c2ccccc2)C[C@H]1C. The highest BCUT2D eigenvalue weighted by Gasteiger charge is 2.37. The van der Waals surface area contributed by atoms with E-state index >= 15 is 0 Å². The summed E-state index contributed by atoms with van der Waals surface area (Å²) >= 11 is 0. The van der Waals surface area contributed by atoms with E-state index in [0.717, 1.165) is 16.9 Å². The summed E-state index contributed by atoms with van der Waals surface area (Å²) in [5.74, 6) is 0.0211. The molecular weight excluding hydrogens is 324 g/mol. The summed E-state index contributed by atoms with van der Waals surface area (Å²) in [4.78, 5) is 29.1. The number of benzene rings is 2. The average Bonchev–Trinajstić information content (AvgIpc) is 2.62. The Hall–Kier alpha value is -2.62. The van der Waals surface area contributed by atoms with Crippen LogP contribution < -0.4 is 9.80 Å². The van der Waals surface area contributed by atoms with Gasteiger partial charge in [0.15, 0.2) is 0 Å². The average molecular weight is 350 g/mol. The predicted molar refractivity (Wildman–Crippen MR) is 105 cm³/mol. The number of carbonyl (C=O) groups is 2. The molecule has 4 nitrogen and oxygen atoms in total. The molecule has 2 aromatic carbocycles. The maximum Gasteiger partial charge on any atom is 0.230 e. The van der Waals surface area contributed by atoms with Crippen molar-refractivity contribution < 1.29 is 9.59 Å². The first-order valence-corrected chi connectivity index (χ1v) is 9.18. The van der Waals surface area contributed by atoms with Gasteiger partial charge in [-0.15, -0.1) is 0 Å². The Morgan fingerprint density at radius 3 is 2.27 bits per heavy atom. The number of anilines is 2. The summed E-state index contributed by atoms with van der Waals surface area (Å²) in [7, 11) is 0. The molecule has 136 valence electrons. The van der Waals surface area contributed by atoms with E-state index in [2.05, 4.69) is 0 Å². The standard InChI is InChI=1S/C22H26N2O2/c1-15(2)22(26)24(18-10-6-5-7-11-18)21-14-16(3)23(17(4)25)20-13-9-8-12-19(20)21/h5-13,15-16,21H,14H2,1-4H3/t16-,21-/m1/s1. The molecule has 2 atom stereocenters. The third kappa shape index (κ3) is 3.24. The number of carbonyl (C=O) groups excluding carboxylic acids is 2. The van der Waals surface area contributed by atoms with Crippen molar-refractivity contribution >= 4 is 23.2 Å². The Kier molecular flexibility index (Phi) is 5.12. The fourth-order valence-electron chi connectivity index (χ4n) is 3.83. The molecule has 0 radical (unpaired) electrons. The number of amides is 2. The van der Waals surface area contributed by atoms with Crippen molar-refractivity contribution in [2.75, 3.05) is 9.80 Å². The van der Waals surface area contributed by atoms with Gasteiger partial charge < -0.3 is 9.80 Å². The van der Waals surface area contributed by atoms with Crippen LogP contribution >= 0.6 is 0 Å². The molecule has 0 N–H and O–H groups in total. The zero-order valence-electron chi connectivity index (χ0n) is 15.8. The van der Waals surface area contributed by atoms with Crippen LogP contribution in [0.5, 0.6) is 0 Å². The Bertz CT molecular complexity index is 801. The van der Waals surface area contributed by atoms with Crippen LogP contribution in [0.15, 0.2) is 54.6 Å². The maximum atomic E-state index is 13.1. The molecule has 2 amide bonds. The Morgan fingerprint density at radius 1 is 1.04 bits per heavy atom. The van der Waals surface area contributed by atoms with E-state index in [1.807, 2.05) is 85.2 Å². The lowest BCUT2D eigenvalue weighted by Crippen LogP contribution is -2.47. The molecule has 1 heterocycles. The summed E-state index contributed by atoms with van der Waals surface area (Å²) in [6.45, 7) is 7.51. The quantitative estimate of drug-likeness (QED) is 0.814. The van der Waals surface area contributed by atoms with Crippen LogP contribution in [0.4, 0.5) is 11.4 Å². The van der Waals surface area contributed by atoms with Gasteiger partial charge in [0.1, 0.15) is 0 Å². The normalized spacial score (nSPS) is 19.2. The molecule has 1 aliphatic rings. The second-order valence-corrected chi connectivity index (χ2v) is 7.25. The van der Waals surface area contributed by atoms with Gasteiger partial charge in [-0.25, -0.2) is 0 Å². The van der Waals surface area contributed by atoms with Crippen LogP contribution in [-0.4, -0.2) is 17.9 Å². The van der Waals surface area contributed by atoms with Crippen molar-refractivity contribution in [2.45, 2.75) is 46.2 Å². The van der Waals surface area contributed by atoms with Gasteiger partial charge in [0, 0.05) is 30.3 Å². The molecule has 1 aliphatic heterocycles. The second-order valence-electron chi connectivity index (χ2n) is 7.25. The van der Waals surface area contributed by atoms with E-state index in [-0.39, 0.29) is 29.8 Å². The van der Waals surface area contributed by atoms with Gasteiger partial charge in [-0.3, -0.25) is 9.59 Å². The molecule has 3 rings (SSSR count). The Balaban J connectivity index is 2.14. The van der Waals surface area contributed by atoms with E-state index < -0.39 is 0 Å². The van der Waals surface area contributed by atoms with Crippen LogP contribution in [0.2, 0.25) is 0 Å². The summed E-state index contributed by atoms with van der Waals surface area (Å²) in [5, 5.41) is 0. The van der Waals surface area contributed by atoms with Gasteiger partial charge in [-0.05, 0) is 37.1 Å². The second kappa shape index (κ2) is 7.32. The van der Waals surface area contributed by atoms with Crippen LogP contribution in [-0.2, 0) is 9.59 Å². The Labute approximate surface area is 155 Å². The molecule has 0 saturated carbocycles. The molecule has 0 bridgehead atoms. The number of fused-ring (bicyclic) bond motifs is 1. The highest BCUT2D eigenvalue weighted by atomic mass is 16.2. The van der Waals surface area contributed by atoms with Crippen molar-refractivity contribution in [3.05, 3.63) is 60.2 Å². The smallest absolute Gasteiger partial charge is 0.230 e. The van der Waals surface area contributed by atoms with Gasteiger partial charge in [0.25, 0.3) is 0 Å². The first-order valence-electron chi connectivity index (χ1n) is 9.18. The third-order valence-corrected chi connectivity index (χ3v) is 4.98. The van der Waals surface area contributed by atoms with Crippen LogP contribution in [0, 0.1) is 5.92 Å². The minimum atomic E-state index is -0.108. The number of rotatable bonds is 3. The molecule has 26 heavy (non-hydrogen) atoms. The monoisotopic (exact) mass is 350 g/mol. The molecule has 0 fully saturated rings. The van der Waals surface area contributed by atoms with Crippen LogP contribution in [0.1, 0.15) is 45.7 Å². The fourth-order valence-corrected chi connectivity index (χ4v) is 3.83. The lowest BCUT2D eigenvalue weighted by molar-refractivity contribution is -0.122. The molecule has 2 aromatic rings. The highest BCUT2D eigenvalue weighted by Crippen LogP contribution is 2.42. The van der Waals surface area contributed by atoms with E-state index in [1.54, 1.807) is 6.92 Å². The van der Waals surface area contributed by atoms with Crippen molar-refractivity contribution in [1.29, 1.82) is 0 Å². The zero-order chi connectivity index (χ0) is 18.8. The van der Waals surface area contributed by atoms with Crippen molar-refractivity contribution in [3.8, 4) is 0 Å². The third-order valence-electron chi connectivity index (χ3n) is 4.98. The minimum Gasteiger partial charge on any atom is -0.309 e. The van der Waals surface area contributed by atoms with Crippen molar-refractivity contribution in [1.82, 2.24) is 0 Å².